The average molecular weight is 325 g/mol. The molecule has 0 unspecified atom stereocenters. The molecule has 1 aromatic carbocycles. The van der Waals surface area contributed by atoms with E-state index < -0.39 is 0 Å². The van der Waals surface area contributed by atoms with Crippen molar-refractivity contribution in [2.45, 2.75) is 51.7 Å². The fourth-order valence-corrected chi connectivity index (χ4v) is 3.24. The number of hydrogen-bond donors (Lipinski definition) is 0. The van der Waals surface area contributed by atoms with Gasteiger partial charge < -0.3 is 14.2 Å². The summed E-state index contributed by atoms with van der Waals surface area (Å²) in [7, 11) is -0.349. The van der Waals surface area contributed by atoms with Crippen LogP contribution in [0.15, 0.2) is 24.4 Å². The summed E-state index contributed by atoms with van der Waals surface area (Å²) in [6.07, 6.45) is 4.36. The molecule has 2 aliphatic heterocycles. The highest BCUT2D eigenvalue weighted by atomic mass is 16.7. The third-order valence-corrected chi connectivity index (χ3v) is 5.51. The van der Waals surface area contributed by atoms with Gasteiger partial charge in [0, 0.05) is 24.7 Å². The summed E-state index contributed by atoms with van der Waals surface area (Å²) in [6.45, 7) is 10.4. The van der Waals surface area contributed by atoms with Gasteiger partial charge in [-0.3, -0.25) is 0 Å². The van der Waals surface area contributed by atoms with E-state index in [9.17, 15) is 0 Å². The SMILES string of the molecule is CC1(C)OB(c2ccc3nc(N4CCCC4)ncc3c2)OC1(C)C. The molecule has 4 rings (SSSR count). The Balaban J connectivity index is 1.63. The molecule has 0 N–H and O–H groups in total. The normalized spacial score (nSPS) is 22.5. The first-order valence-electron chi connectivity index (χ1n) is 8.73. The molecule has 0 spiro atoms. The van der Waals surface area contributed by atoms with Gasteiger partial charge in [0.05, 0.1) is 16.7 Å². The molecule has 3 heterocycles. The van der Waals surface area contributed by atoms with Crippen LogP contribution in [0.2, 0.25) is 0 Å². The maximum Gasteiger partial charge on any atom is 0.494 e. The molecule has 5 nitrogen and oxygen atoms in total. The molecule has 1 aromatic heterocycles. The van der Waals surface area contributed by atoms with Crippen LogP contribution in [0.5, 0.6) is 0 Å². The fraction of sp³-hybridized carbons (Fsp3) is 0.556. The van der Waals surface area contributed by atoms with Crippen LogP contribution in [0.1, 0.15) is 40.5 Å². The summed E-state index contributed by atoms with van der Waals surface area (Å²) >= 11 is 0. The molecule has 2 fully saturated rings. The van der Waals surface area contributed by atoms with Crippen molar-refractivity contribution >= 4 is 29.4 Å². The van der Waals surface area contributed by atoms with Crippen LogP contribution in [0.4, 0.5) is 5.95 Å². The van der Waals surface area contributed by atoms with Crippen LogP contribution in [0.25, 0.3) is 10.9 Å². The maximum atomic E-state index is 6.13. The molecule has 0 radical (unpaired) electrons. The topological polar surface area (TPSA) is 47.5 Å². The number of anilines is 1. The van der Waals surface area contributed by atoms with Gasteiger partial charge in [0.15, 0.2) is 0 Å². The summed E-state index contributed by atoms with van der Waals surface area (Å²) in [5.74, 6) is 0.836. The number of nitrogens with zero attached hydrogens (tertiary/aromatic N) is 3. The van der Waals surface area contributed by atoms with Crippen molar-refractivity contribution in [2.75, 3.05) is 18.0 Å². The molecule has 0 aliphatic carbocycles. The Labute approximate surface area is 143 Å². The van der Waals surface area contributed by atoms with Crippen LogP contribution >= 0.6 is 0 Å². The van der Waals surface area contributed by atoms with Gasteiger partial charge >= 0.3 is 7.12 Å². The summed E-state index contributed by atoms with van der Waals surface area (Å²) in [5, 5.41) is 1.02. The highest BCUT2D eigenvalue weighted by molar-refractivity contribution is 6.62. The van der Waals surface area contributed by atoms with Gasteiger partial charge in [-0.05, 0) is 52.1 Å². The summed E-state index contributed by atoms with van der Waals surface area (Å²) in [4.78, 5) is 11.5. The predicted molar refractivity (Wildman–Crippen MR) is 96.7 cm³/mol. The van der Waals surface area contributed by atoms with Crippen molar-refractivity contribution in [3.63, 3.8) is 0 Å². The van der Waals surface area contributed by atoms with E-state index in [0.717, 1.165) is 35.4 Å². The first kappa shape index (κ1) is 15.8. The Kier molecular flexibility index (Phi) is 3.58. The van der Waals surface area contributed by atoms with Gasteiger partial charge in [0.1, 0.15) is 0 Å². The van der Waals surface area contributed by atoms with Crippen molar-refractivity contribution in [3.8, 4) is 0 Å². The largest absolute Gasteiger partial charge is 0.494 e. The molecule has 2 aliphatic rings. The Bertz CT molecular complexity index is 756. The van der Waals surface area contributed by atoms with Gasteiger partial charge in [-0.1, -0.05) is 12.1 Å². The smallest absolute Gasteiger partial charge is 0.399 e. The monoisotopic (exact) mass is 325 g/mol. The van der Waals surface area contributed by atoms with E-state index in [1.165, 1.54) is 12.8 Å². The third-order valence-electron chi connectivity index (χ3n) is 5.51. The number of benzene rings is 1. The lowest BCUT2D eigenvalue weighted by Crippen LogP contribution is -2.41. The van der Waals surface area contributed by atoms with E-state index in [4.69, 9.17) is 14.3 Å². The maximum absolute atomic E-state index is 6.13. The Morgan fingerprint density at radius 2 is 1.71 bits per heavy atom. The van der Waals surface area contributed by atoms with E-state index in [-0.39, 0.29) is 18.3 Å². The second-order valence-corrected chi connectivity index (χ2v) is 7.77. The molecular weight excluding hydrogens is 301 g/mol. The third kappa shape index (κ3) is 2.58. The van der Waals surface area contributed by atoms with Gasteiger partial charge in [-0.2, -0.15) is 0 Å². The zero-order valence-electron chi connectivity index (χ0n) is 14.9. The van der Waals surface area contributed by atoms with Crippen LogP contribution in [0.3, 0.4) is 0 Å². The lowest BCUT2D eigenvalue weighted by molar-refractivity contribution is 0.00578. The standard InChI is InChI=1S/C18H24BN3O2/c1-17(2)18(3,4)24-19(23-17)14-7-8-15-13(11-14)12-20-16(21-15)22-9-5-6-10-22/h7-8,11-12H,5-6,9-10H2,1-4H3. The fourth-order valence-electron chi connectivity index (χ4n) is 3.24. The molecule has 0 amide bonds. The highest BCUT2D eigenvalue weighted by Crippen LogP contribution is 2.36. The van der Waals surface area contributed by atoms with E-state index in [1.54, 1.807) is 0 Å². The molecule has 2 aromatic rings. The zero-order valence-corrected chi connectivity index (χ0v) is 14.9. The predicted octanol–water partition coefficient (Wildman–Crippen LogP) is 2.53. The quantitative estimate of drug-likeness (QED) is 0.794. The molecule has 126 valence electrons. The number of rotatable bonds is 2. The summed E-state index contributed by atoms with van der Waals surface area (Å²) < 4.78 is 12.3. The Hall–Kier alpha value is -1.66. The van der Waals surface area contributed by atoms with E-state index >= 15 is 0 Å². The van der Waals surface area contributed by atoms with E-state index in [1.807, 2.05) is 18.3 Å². The molecule has 0 atom stereocenters. The Morgan fingerprint density at radius 3 is 2.38 bits per heavy atom. The summed E-state index contributed by atoms with van der Waals surface area (Å²) in [5.41, 5.74) is 1.32. The number of fused-ring (bicyclic) bond motifs is 1. The zero-order chi connectivity index (χ0) is 16.9. The van der Waals surface area contributed by atoms with Crippen LogP contribution in [-0.4, -0.2) is 41.4 Å². The van der Waals surface area contributed by atoms with Gasteiger partial charge in [-0.15, -0.1) is 0 Å². The molecular formula is C18H24BN3O2. The molecule has 6 heteroatoms. The second kappa shape index (κ2) is 5.43. The van der Waals surface area contributed by atoms with Crippen molar-refractivity contribution in [2.24, 2.45) is 0 Å². The first-order chi connectivity index (χ1) is 11.4. The van der Waals surface area contributed by atoms with Crippen molar-refractivity contribution < 1.29 is 9.31 Å². The van der Waals surface area contributed by atoms with Crippen LogP contribution in [0, 0.1) is 0 Å². The van der Waals surface area contributed by atoms with Crippen molar-refractivity contribution in [3.05, 3.63) is 24.4 Å². The van der Waals surface area contributed by atoms with E-state index in [2.05, 4.69) is 43.6 Å². The minimum absolute atomic E-state index is 0.331. The Morgan fingerprint density at radius 1 is 1.04 bits per heavy atom. The molecule has 24 heavy (non-hydrogen) atoms. The first-order valence-corrected chi connectivity index (χ1v) is 8.73. The van der Waals surface area contributed by atoms with Gasteiger partial charge in [0.2, 0.25) is 5.95 Å². The van der Waals surface area contributed by atoms with Gasteiger partial charge in [-0.25, -0.2) is 9.97 Å². The molecule has 0 bridgehead atoms. The highest BCUT2D eigenvalue weighted by Gasteiger charge is 2.51. The average Bonchev–Trinajstić information content (AvgIpc) is 3.13. The van der Waals surface area contributed by atoms with Crippen LogP contribution < -0.4 is 10.4 Å². The van der Waals surface area contributed by atoms with E-state index in [0.29, 0.717) is 0 Å². The van der Waals surface area contributed by atoms with Crippen molar-refractivity contribution in [1.29, 1.82) is 0 Å². The molecule has 0 saturated carbocycles. The minimum atomic E-state index is -0.349. The number of hydrogen-bond acceptors (Lipinski definition) is 5. The number of aromatic nitrogens is 2. The minimum Gasteiger partial charge on any atom is -0.399 e. The lowest BCUT2D eigenvalue weighted by atomic mass is 9.78. The van der Waals surface area contributed by atoms with Gasteiger partial charge in [0.25, 0.3) is 0 Å². The van der Waals surface area contributed by atoms with Crippen LogP contribution in [-0.2, 0) is 9.31 Å². The van der Waals surface area contributed by atoms with Crippen molar-refractivity contribution in [1.82, 2.24) is 9.97 Å². The summed E-state index contributed by atoms with van der Waals surface area (Å²) in [6, 6.07) is 6.16. The molecule has 2 saturated heterocycles. The second-order valence-electron chi connectivity index (χ2n) is 7.77. The lowest BCUT2D eigenvalue weighted by Gasteiger charge is -2.32.